The summed E-state index contributed by atoms with van der Waals surface area (Å²) in [5.74, 6) is 0.647. The molecular formula is C19H32N2O3. The van der Waals surface area contributed by atoms with E-state index in [4.69, 9.17) is 4.74 Å². The van der Waals surface area contributed by atoms with Crippen molar-refractivity contribution in [3.63, 3.8) is 0 Å². The second kappa shape index (κ2) is 8.32. The van der Waals surface area contributed by atoms with Gasteiger partial charge in [0.2, 0.25) is 5.91 Å². The van der Waals surface area contributed by atoms with Crippen molar-refractivity contribution in [3.8, 4) is 0 Å². The highest BCUT2D eigenvalue weighted by Gasteiger charge is 2.38. The van der Waals surface area contributed by atoms with E-state index in [0.717, 1.165) is 32.4 Å². The van der Waals surface area contributed by atoms with Crippen molar-refractivity contribution >= 4 is 11.9 Å². The van der Waals surface area contributed by atoms with E-state index in [2.05, 4.69) is 9.80 Å². The van der Waals surface area contributed by atoms with Crippen molar-refractivity contribution in [2.75, 3.05) is 26.7 Å². The Hall–Kier alpha value is -1.10. The van der Waals surface area contributed by atoms with Crippen LogP contribution in [0.15, 0.2) is 0 Å². The first-order valence-corrected chi connectivity index (χ1v) is 9.77. The minimum absolute atomic E-state index is 0.106. The molecule has 0 unspecified atom stereocenters. The second-order valence-electron chi connectivity index (χ2n) is 7.82. The molecule has 2 saturated carbocycles. The lowest BCUT2D eigenvalue weighted by atomic mass is 9.97. The number of nitrogens with zero attached hydrogens (tertiary/aromatic N) is 2. The summed E-state index contributed by atoms with van der Waals surface area (Å²) >= 11 is 0. The number of likely N-dealkylation sites (tertiary alicyclic amines) is 1. The molecule has 3 fully saturated rings. The van der Waals surface area contributed by atoms with Crippen LogP contribution in [0.3, 0.4) is 0 Å². The third-order valence-electron chi connectivity index (χ3n) is 5.93. The molecule has 5 nitrogen and oxygen atoms in total. The number of esters is 1. The summed E-state index contributed by atoms with van der Waals surface area (Å²) in [5.41, 5.74) is 0. The number of hydrogen-bond acceptors (Lipinski definition) is 4. The Labute approximate surface area is 145 Å². The van der Waals surface area contributed by atoms with Crippen molar-refractivity contribution in [2.24, 2.45) is 5.92 Å². The van der Waals surface area contributed by atoms with E-state index < -0.39 is 0 Å². The van der Waals surface area contributed by atoms with Crippen molar-refractivity contribution < 1.29 is 14.3 Å². The molecule has 1 amide bonds. The average molecular weight is 336 g/mol. The van der Waals surface area contributed by atoms with Crippen LogP contribution in [0.25, 0.3) is 0 Å². The summed E-state index contributed by atoms with van der Waals surface area (Å²) in [4.78, 5) is 28.9. The Bertz CT molecular complexity index is 444. The quantitative estimate of drug-likeness (QED) is 0.700. The van der Waals surface area contributed by atoms with Crippen LogP contribution in [0, 0.1) is 5.92 Å². The lowest BCUT2D eigenvalue weighted by Gasteiger charge is -2.31. The standard InChI is InChI=1S/C19H32N2O3/c1-24-19(23)13-15-5-4-11-20(12-10-15)14-18(22)21(17-8-9-17)16-6-2-3-7-16/h15-17H,2-14H2,1H3/t15-/m1/s1. The van der Waals surface area contributed by atoms with Crippen LogP contribution in [-0.2, 0) is 14.3 Å². The fourth-order valence-corrected chi connectivity index (χ4v) is 4.42. The van der Waals surface area contributed by atoms with E-state index in [1.165, 1.54) is 45.6 Å². The van der Waals surface area contributed by atoms with Crippen LogP contribution in [0.4, 0.5) is 0 Å². The average Bonchev–Trinajstić information content (AvgIpc) is 3.30. The minimum Gasteiger partial charge on any atom is -0.469 e. The Balaban J connectivity index is 1.49. The summed E-state index contributed by atoms with van der Waals surface area (Å²) in [5, 5.41) is 0. The van der Waals surface area contributed by atoms with Gasteiger partial charge in [-0.2, -0.15) is 0 Å². The maximum absolute atomic E-state index is 12.9. The Morgan fingerprint density at radius 3 is 2.33 bits per heavy atom. The van der Waals surface area contributed by atoms with Gasteiger partial charge in [0.1, 0.15) is 0 Å². The Morgan fingerprint density at radius 2 is 1.67 bits per heavy atom. The number of hydrogen-bond donors (Lipinski definition) is 0. The van der Waals surface area contributed by atoms with Crippen LogP contribution >= 0.6 is 0 Å². The molecule has 0 bridgehead atoms. The molecule has 1 heterocycles. The van der Waals surface area contributed by atoms with Gasteiger partial charge >= 0.3 is 5.97 Å². The summed E-state index contributed by atoms with van der Waals surface area (Å²) in [6.07, 6.45) is 11.0. The predicted molar refractivity (Wildman–Crippen MR) is 92.5 cm³/mol. The second-order valence-corrected chi connectivity index (χ2v) is 7.82. The number of carbonyl (C=O) groups excluding carboxylic acids is 2. The van der Waals surface area contributed by atoms with Crippen molar-refractivity contribution in [1.29, 1.82) is 0 Å². The molecule has 1 atom stereocenters. The van der Waals surface area contributed by atoms with Gasteiger partial charge in [-0.1, -0.05) is 12.8 Å². The molecule has 136 valence electrons. The van der Waals surface area contributed by atoms with E-state index in [9.17, 15) is 9.59 Å². The number of methoxy groups -OCH3 is 1. The molecule has 0 aromatic rings. The molecule has 3 rings (SSSR count). The van der Waals surface area contributed by atoms with Crippen molar-refractivity contribution in [2.45, 2.75) is 76.3 Å². The van der Waals surface area contributed by atoms with Crippen LogP contribution in [0.2, 0.25) is 0 Å². The fourth-order valence-electron chi connectivity index (χ4n) is 4.42. The molecule has 0 N–H and O–H groups in total. The largest absolute Gasteiger partial charge is 0.469 e. The van der Waals surface area contributed by atoms with Gasteiger partial charge in [-0.25, -0.2) is 0 Å². The number of amides is 1. The number of carbonyl (C=O) groups is 2. The molecule has 1 saturated heterocycles. The number of rotatable bonds is 6. The summed E-state index contributed by atoms with van der Waals surface area (Å²) in [6, 6.07) is 1.03. The van der Waals surface area contributed by atoms with Gasteiger partial charge in [-0.3, -0.25) is 14.5 Å². The highest BCUT2D eigenvalue weighted by atomic mass is 16.5. The monoisotopic (exact) mass is 336 g/mol. The summed E-state index contributed by atoms with van der Waals surface area (Å²) in [7, 11) is 1.46. The lowest BCUT2D eigenvalue weighted by Crippen LogP contribution is -2.46. The third kappa shape index (κ3) is 4.71. The normalized spacial score (nSPS) is 26.1. The molecular weight excluding hydrogens is 304 g/mol. The van der Waals surface area contributed by atoms with Gasteiger partial charge in [-0.05, 0) is 64.0 Å². The lowest BCUT2D eigenvalue weighted by molar-refractivity contribution is -0.142. The first-order valence-electron chi connectivity index (χ1n) is 9.77. The summed E-state index contributed by atoms with van der Waals surface area (Å²) < 4.78 is 4.79. The van der Waals surface area contributed by atoms with Gasteiger partial charge < -0.3 is 9.64 Å². The van der Waals surface area contributed by atoms with Gasteiger partial charge in [-0.15, -0.1) is 0 Å². The molecule has 0 radical (unpaired) electrons. The van der Waals surface area contributed by atoms with Gasteiger partial charge in [0.05, 0.1) is 13.7 Å². The molecule has 5 heteroatoms. The van der Waals surface area contributed by atoms with Crippen LogP contribution < -0.4 is 0 Å². The predicted octanol–water partition coefficient (Wildman–Crippen LogP) is 2.59. The Morgan fingerprint density at radius 1 is 0.958 bits per heavy atom. The zero-order chi connectivity index (χ0) is 16.9. The molecule has 0 aromatic carbocycles. The zero-order valence-electron chi connectivity index (χ0n) is 15.0. The first kappa shape index (κ1) is 17.7. The van der Waals surface area contributed by atoms with Gasteiger partial charge in [0.25, 0.3) is 0 Å². The maximum Gasteiger partial charge on any atom is 0.305 e. The zero-order valence-corrected chi connectivity index (χ0v) is 15.0. The SMILES string of the molecule is COC(=O)C[C@@H]1CCCN(CC(=O)N(C2CCCC2)C2CC2)CC1. The van der Waals surface area contributed by atoms with Gasteiger partial charge in [0, 0.05) is 18.5 Å². The van der Waals surface area contributed by atoms with Crippen LogP contribution in [0.5, 0.6) is 0 Å². The molecule has 3 aliphatic rings. The Kier molecular flexibility index (Phi) is 6.14. The fraction of sp³-hybridized carbons (Fsp3) is 0.895. The van der Waals surface area contributed by atoms with E-state index >= 15 is 0 Å². The van der Waals surface area contributed by atoms with E-state index in [1.807, 2.05) is 0 Å². The van der Waals surface area contributed by atoms with E-state index in [1.54, 1.807) is 0 Å². The van der Waals surface area contributed by atoms with E-state index in [-0.39, 0.29) is 5.97 Å². The van der Waals surface area contributed by atoms with Crippen molar-refractivity contribution in [1.82, 2.24) is 9.80 Å². The highest BCUT2D eigenvalue weighted by Crippen LogP contribution is 2.34. The van der Waals surface area contributed by atoms with E-state index in [0.29, 0.717) is 36.9 Å². The minimum atomic E-state index is -0.106. The van der Waals surface area contributed by atoms with Gasteiger partial charge in [0.15, 0.2) is 0 Å². The first-order chi connectivity index (χ1) is 11.7. The molecule has 2 aliphatic carbocycles. The molecule has 0 aromatic heterocycles. The molecule has 0 spiro atoms. The highest BCUT2D eigenvalue weighted by molar-refractivity contribution is 5.79. The third-order valence-corrected chi connectivity index (χ3v) is 5.93. The summed E-state index contributed by atoms with van der Waals surface area (Å²) in [6.45, 7) is 2.47. The molecule has 1 aliphatic heterocycles. The van der Waals surface area contributed by atoms with Crippen LogP contribution in [0.1, 0.15) is 64.2 Å². The van der Waals surface area contributed by atoms with Crippen molar-refractivity contribution in [3.05, 3.63) is 0 Å². The molecule has 24 heavy (non-hydrogen) atoms. The smallest absolute Gasteiger partial charge is 0.305 e. The maximum atomic E-state index is 12.9. The number of ether oxygens (including phenoxy) is 1. The van der Waals surface area contributed by atoms with Crippen LogP contribution in [-0.4, -0.2) is 60.5 Å². The topological polar surface area (TPSA) is 49.9 Å².